The zero-order chi connectivity index (χ0) is 17.8. The van der Waals surface area contributed by atoms with Gasteiger partial charge in [0.1, 0.15) is 11.6 Å². The molecule has 3 heterocycles. The molecule has 2 aliphatic heterocycles. The number of hydrogen-bond acceptors (Lipinski definition) is 6. The molecule has 1 aromatic heterocycles. The van der Waals surface area contributed by atoms with Crippen molar-refractivity contribution in [2.24, 2.45) is 0 Å². The van der Waals surface area contributed by atoms with Crippen LogP contribution >= 0.6 is 0 Å². The summed E-state index contributed by atoms with van der Waals surface area (Å²) in [5.74, 6) is 1.98. The highest BCUT2D eigenvalue weighted by atomic mass is 16.5. The zero-order valence-electron chi connectivity index (χ0n) is 15.6. The lowest BCUT2D eigenvalue weighted by atomic mass is 10.1. The molecule has 1 amide bonds. The van der Waals surface area contributed by atoms with Crippen LogP contribution in [0.25, 0.3) is 0 Å². The molecule has 1 fully saturated rings. The second-order valence-corrected chi connectivity index (χ2v) is 6.90. The smallest absolute Gasteiger partial charge is 0.219 e. The minimum absolute atomic E-state index is 0.139. The fourth-order valence-electron chi connectivity index (χ4n) is 3.55. The fraction of sp³-hybridized carbons (Fsp3) is 0.722. The second kappa shape index (κ2) is 8.10. The third-order valence-electron chi connectivity index (χ3n) is 5.10. The molecule has 0 N–H and O–H groups in total. The van der Waals surface area contributed by atoms with E-state index < -0.39 is 0 Å². The first kappa shape index (κ1) is 18.1. The molecule has 25 heavy (non-hydrogen) atoms. The van der Waals surface area contributed by atoms with Crippen molar-refractivity contribution in [1.29, 1.82) is 0 Å². The summed E-state index contributed by atoms with van der Waals surface area (Å²) >= 11 is 0. The lowest BCUT2D eigenvalue weighted by molar-refractivity contribution is -0.128. The Hall–Kier alpha value is -1.73. The van der Waals surface area contributed by atoms with E-state index in [1.807, 2.05) is 11.8 Å². The first-order chi connectivity index (χ1) is 12.0. The number of amides is 1. The van der Waals surface area contributed by atoms with E-state index in [0.717, 1.165) is 82.7 Å². The van der Waals surface area contributed by atoms with Gasteiger partial charge >= 0.3 is 0 Å². The van der Waals surface area contributed by atoms with E-state index in [-0.39, 0.29) is 5.91 Å². The number of anilines is 1. The summed E-state index contributed by atoms with van der Waals surface area (Å²) in [6, 6.07) is 0. The van der Waals surface area contributed by atoms with Crippen molar-refractivity contribution in [3.8, 4) is 0 Å². The number of aryl methyl sites for hydroxylation is 1. The first-order valence-corrected chi connectivity index (χ1v) is 9.17. The van der Waals surface area contributed by atoms with Gasteiger partial charge in [-0.3, -0.25) is 9.69 Å². The molecule has 0 bridgehead atoms. The molecule has 1 aromatic rings. The Morgan fingerprint density at radius 1 is 1.16 bits per heavy atom. The van der Waals surface area contributed by atoms with Crippen LogP contribution in [0.15, 0.2) is 0 Å². The third-order valence-corrected chi connectivity index (χ3v) is 5.10. The minimum atomic E-state index is 0.139. The maximum Gasteiger partial charge on any atom is 0.219 e. The standard InChI is InChI=1S/C18H29N5O2/c1-14-19-17-5-7-23(15(2)24)6-4-16(17)18(20-14)21(3)8-9-22-10-12-25-13-11-22/h4-13H2,1-3H3. The first-order valence-electron chi connectivity index (χ1n) is 9.17. The van der Waals surface area contributed by atoms with Crippen LogP contribution in [-0.4, -0.2) is 85.2 Å². The molecule has 0 aromatic carbocycles. The van der Waals surface area contributed by atoms with Gasteiger partial charge in [0, 0.05) is 65.2 Å². The van der Waals surface area contributed by atoms with E-state index in [2.05, 4.69) is 21.8 Å². The number of carbonyl (C=O) groups is 1. The molecule has 3 rings (SSSR count). The molecule has 1 saturated heterocycles. The molecule has 0 aliphatic carbocycles. The van der Waals surface area contributed by atoms with Crippen LogP contribution < -0.4 is 4.90 Å². The van der Waals surface area contributed by atoms with Gasteiger partial charge in [0.2, 0.25) is 5.91 Å². The van der Waals surface area contributed by atoms with Gasteiger partial charge in [-0.15, -0.1) is 0 Å². The average molecular weight is 347 g/mol. The number of fused-ring (bicyclic) bond motifs is 1. The van der Waals surface area contributed by atoms with E-state index >= 15 is 0 Å². The highest BCUT2D eigenvalue weighted by Crippen LogP contribution is 2.24. The molecule has 2 aliphatic rings. The van der Waals surface area contributed by atoms with Crippen molar-refractivity contribution in [3.05, 3.63) is 17.1 Å². The van der Waals surface area contributed by atoms with Crippen LogP contribution in [0.2, 0.25) is 0 Å². The van der Waals surface area contributed by atoms with Crippen LogP contribution in [0.1, 0.15) is 24.0 Å². The van der Waals surface area contributed by atoms with Crippen LogP contribution in [0, 0.1) is 6.92 Å². The summed E-state index contributed by atoms with van der Waals surface area (Å²) in [5, 5.41) is 0. The van der Waals surface area contributed by atoms with Gasteiger partial charge in [-0.25, -0.2) is 9.97 Å². The summed E-state index contributed by atoms with van der Waals surface area (Å²) < 4.78 is 5.42. The van der Waals surface area contributed by atoms with Gasteiger partial charge in [0.15, 0.2) is 0 Å². The Kier molecular flexibility index (Phi) is 5.86. The van der Waals surface area contributed by atoms with Crippen LogP contribution in [0.4, 0.5) is 5.82 Å². The molecular weight excluding hydrogens is 318 g/mol. The number of rotatable bonds is 4. The number of likely N-dealkylation sites (N-methyl/N-ethyl adjacent to an activating group) is 1. The molecule has 7 nitrogen and oxygen atoms in total. The quantitative estimate of drug-likeness (QED) is 0.790. The molecule has 138 valence electrons. The predicted octanol–water partition coefficient (Wildman–Crippen LogP) is 0.501. The Morgan fingerprint density at radius 3 is 2.60 bits per heavy atom. The van der Waals surface area contributed by atoms with Gasteiger partial charge < -0.3 is 14.5 Å². The van der Waals surface area contributed by atoms with Crippen molar-refractivity contribution >= 4 is 11.7 Å². The van der Waals surface area contributed by atoms with E-state index in [0.29, 0.717) is 0 Å². The number of ether oxygens (including phenoxy) is 1. The van der Waals surface area contributed by atoms with Gasteiger partial charge in [-0.2, -0.15) is 0 Å². The Bertz CT molecular complexity index is 616. The van der Waals surface area contributed by atoms with Gasteiger partial charge in [0.25, 0.3) is 0 Å². The number of nitrogens with zero attached hydrogens (tertiary/aromatic N) is 5. The van der Waals surface area contributed by atoms with E-state index in [1.54, 1.807) is 6.92 Å². The largest absolute Gasteiger partial charge is 0.379 e. The van der Waals surface area contributed by atoms with Crippen LogP contribution in [0.3, 0.4) is 0 Å². The van der Waals surface area contributed by atoms with Gasteiger partial charge in [0.05, 0.1) is 18.9 Å². The Balaban J connectivity index is 1.72. The Morgan fingerprint density at radius 2 is 1.88 bits per heavy atom. The fourth-order valence-corrected chi connectivity index (χ4v) is 3.55. The SMILES string of the molecule is CC(=O)N1CCc2nc(C)nc(N(C)CCN3CCOCC3)c2CC1. The van der Waals surface area contributed by atoms with Crippen molar-refractivity contribution in [2.45, 2.75) is 26.7 Å². The van der Waals surface area contributed by atoms with E-state index in [4.69, 9.17) is 9.72 Å². The van der Waals surface area contributed by atoms with Crippen LogP contribution in [-0.2, 0) is 22.4 Å². The van der Waals surface area contributed by atoms with Crippen LogP contribution in [0.5, 0.6) is 0 Å². The topological polar surface area (TPSA) is 61.8 Å². The number of morpholine rings is 1. The molecule has 7 heteroatoms. The summed E-state index contributed by atoms with van der Waals surface area (Å²) in [6.45, 7) is 10.7. The third kappa shape index (κ3) is 4.46. The highest BCUT2D eigenvalue weighted by Gasteiger charge is 2.22. The van der Waals surface area contributed by atoms with Crippen molar-refractivity contribution < 1.29 is 9.53 Å². The maximum absolute atomic E-state index is 11.7. The summed E-state index contributed by atoms with van der Waals surface area (Å²) in [4.78, 5) is 27.7. The number of hydrogen-bond donors (Lipinski definition) is 0. The predicted molar refractivity (Wildman–Crippen MR) is 97.0 cm³/mol. The summed E-state index contributed by atoms with van der Waals surface area (Å²) in [5.41, 5.74) is 2.31. The van der Waals surface area contributed by atoms with E-state index in [9.17, 15) is 4.79 Å². The minimum Gasteiger partial charge on any atom is -0.379 e. The normalized spacial score (nSPS) is 18.6. The number of aromatic nitrogens is 2. The summed E-state index contributed by atoms with van der Waals surface area (Å²) in [7, 11) is 2.11. The molecular formula is C18H29N5O2. The number of carbonyl (C=O) groups excluding carboxylic acids is 1. The maximum atomic E-state index is 11.7. The highest BCUT2D eigenvalue weighted by molar-refractivity contribution is 5.73. The van der Waals surface area contributed by atoms with E-state index in [1.165, 1.54) is 5.56 Å². The Labute approximate surface area is 150 Å². The second-order valence-electron chi connectivity index (χ2n) is 6.90. The molecule has 0 radical (unpaired) electrons. The molecule has 0 saturated carbocycles. The van der Waals surface area contributed by atoms with Gasteiger partial charge in [-0.05, 0) is 13.3 Å². The van der Waals surface area contributed by atoms with Gasteiger partial charge in [-0.1, -0.05) is 0 Å². The summed E-state index contributed by atoms with van der Waals surface area (Å²) in [6.07, 6.45) is 1.63. The zero-order valence-corrected chi connectivity index (χ0v) is 15.6. The lowest BCUT2D eigenvalue weighted by Crippen LogP contribution is -2.41. The monoisotopic (exact) mass is 347 g/mol. The lowest BCUT2D eigenvalue weighted by Gasteiger charge is -2.29. The van der Waals surface area contributed by atoms with Crippen molar-refractivity contribution in [1.82, 2.24) is 19.8 Å². The average Bonchev–Trinajstić information content (AvgIpc) is 2.82. The molecule has 0 unspecified atom stereocenters. The molecule has 0 spiro atoms. The van der Waals surface area contributed by atoms with Crippen molar-refractivity contribution in [3.63, 3.8) is 0 Å². The van der Waals surface area contributed by atoms with Crippen molar-refractivity contribution in [2.75, 3.05) is 64.4 Å². The molecule has 0 atom stereocenters.